The molecule has 1 N–H and O–H groups in total. The van der Waals surface area contributed by atoms with Crippen molar-refractivity contribution in [2.75, 3.05) is 13.6 Å². The molecular weight excluding hydrogens is 372 g/mol. The van der Waals surface area contributed by atoms with Crippen LogP contribution in [0.1, 0.15) is 43.9 Å². The van der Waals surface area contributed by atoms with Crippen LogP contribution < -0.4 is 5.32 Å². The predicted octanol–water partition coefficient (Wildman–Crippen LogP) is 3.57. The monoisotopic (exact) mass is 394 g/mol. The van der Waals surface area contributed by atoms with Crippen molar-refractivity contribution in [3.05, 3.63) is 14.7 Å². The molecule has 0 spiro atoms. The lowest BCUT2D eigenvalue weighted by Crippen LogP contribution is -2.43. The van der Waals surface area contributed by atoms with Gasteiger partial charge in [-0.3, -0.25) is 0 Å². The molecule has 1 aromatic rings. The Bertz CT molecular complexity index is 570. The average Bonchev–Trinajstić information content (AvgIpc) is 2.82. The predicted molar refractivity (Wildman–Crippen MR) is 91.2 cm³/mol. The zero-order chi connectivity index (χ0) is 15.5. The molecule has 2 rings (SSSR count). The van der Waals surface area contributed by atoms with Crippen molar-refractivity contribution in [1.82, 2.24) is 9.62 Å². The molecule has 0 aliphatic carbocycles. The van der Waals surface area contributed by atoms with Crippen molar-refractivity contribution < 1.29 is 8.42 Å². The van der Waals surface area contributed by atoms with E-state index in [0.29, 0.717) is 21.8 Å². The van der Waals surface area contributed by atoms with Crippen LogP contribution in [-0.2, 0) is 16.6 Å². The van der Waals surface area contributed by atoms with Crippen molar-refractivity contribution in [2.45, 2.75) is 56.5 Å². The first-order valence-corrected chi connectivity index (χ1v) is 10.5. The fourth-order valence-electron chi connectivity index (χ4n) is 2.87. The second kappa shape index (κ2) is 7.55. The fourth-order valence-corrected chi connectivity index (χ4v) is 7.24. The average molecular weight is 395 g/mol. The Morgan fingerprint density at radius 3 is 2.90 bits per heavy atom. The van der Waals surface area contributed by atoms with E-state index in [-0.39, 0.29) is 6.04 Å². The van der Waals surface area contributed by atoms with E-state index in [0.717, 1.165) is 37.0 Å². The molecule has 1 aliphatic rings. The summed E-state index contributed by atoms with van der Waals surface area (Å²) in [7, 11) is -1.53. The molecule has 1 fully saturated rings. The minimum absolute atomic E-state index is 0.160. The maximum Gasteiger partial charge on any atom is 0.245 e. The summed E-state index contributed by atoms with van der Waals surface area (Å²) in [6.07, 6.45) is 5.05. The van der Waals surface area contributed by atoms with Crippen LogP contribution in [0.25, 0.3) is 0 Å². The highest BCUT2D eigenvalue weighted by Crippen LogP contribution is 2.36. The first-order chi connectivity index (χ1) is 10.0. The Hall–Kier alpha value is 0.0500. The van der Waals surface area contributed by atoms with Crippen LogP contribution in [0.3, 0.4) is 0 Å². The first kappa shape index (κ1) is 17.4. The summed E-state index contributed by atoms with van der Waals surface area (Å²) in [6, 6.07) is 1.96. The number of halogens is 1. The van der Waals surface area contributed by atoms with Crippen LogP contribution in [0.15, 0.2) is 14.7 Å². The lowest BCUT2D eigenvalue weighted by atomic mass is 10.0. The number of piperidine rings is 1. The van der Waals surface area contributed by atoms with E-state index in [9.17, 15) is 8.42 Å². The zero-order valence-electron chi connectivity index (χ0n) is 12.6. The van der Waals surface area contributed by atoms with Gasteiger partial charge in [0.2, 0.25) is 10.0 Å². The van der Waals surface area contributed by atoms with Crippen LogP contribution in [-0.4, -0.2) is 32.4 Å². The van der Waals surface area contributed by atoms with Gasteiger partial charge in [-0.2, -0.15) is 4.31 Å². The molecule has 7 heteroatoms. The number of hydrogen-bond donors (Lipinski definition) is 1. The maximum absolute atomic E-state index is 13.0. The molecular formula is C14H23BrN2O2S2. The van der Waals surface area contributed by atoms with Gasteiger partial charge < -0.3 is 5.32 Å². The Morgan fingerprint density at radius 2 is 2.24 bits per heavy atom. The van der Waals surface area contributed by atoms with E-state index in [4.69, 9.17) is 0 Å². The van der Waals surface area contributed by atoms with Crippen LogP contribution in [0, 0.1) is 0 Å². The number of rotatable bonds is 6. The molecule has 1 atom stereocenters. The highest BCUT2D eigenvalue weighted by molar-refractivity contribution is 9.11. The number of sulfonamides is 1. The molecule has 1 aromatic heterocycles. The summed E-state index contributed by atoms with van der Waals surface area (Å²) in [5, 5.41) is 3.07. The number of nitrogens with zero attached hydrogens (tertiary/aromatic N) is 1. The van der Waals surface area contributed by atoms with E-state index in [1.165, 1.54) is 11.3 Å². The molecule has 0 aromatic carbocycles. The highest BCUT2D eigenvalue weighted by atomic mass is 79.9. The quantitative estimate of drug-likeness (QED) is 0.801. The molecule has 0 bridgehead atoms. The molecule has 4 nitrogen and oxygen atoms in total. The SMILES string of the molecule is CCCC1CCCCN1S(=O)(=O)c1cc(CNC)sc1Br. The summed E-state index contributed by atoms with van der Waals surface area (Å²) in [6.45, 7) is 3.46. The molecule has 120 valence electrons. The minimum atomic E-state index is -3.39. The van der Waals surface area contributed by atoms with E-state index in [2.05, 4.69) is 28.2 Å². The Morgan fingerprint density at radius 1 is 1.48 bits per heavy atom. The van der Waals surface area contributed by atoms with Gasteiger partial charge in [0.05, 0.1) is 3.79 Å². The minimum Gasteiger partial charge on any atom is -0.315 e. The molecule has 2 heterocycles. The van der Waals surface area contributed by atoms with Gasteiger partial charge in [0.1, 0.15) is 4.90 Å². The van der Waals surface area contributed by atoms with E-state index >= 15 is 0 Å². The second-order valence-corrected chi connectivity index (χ2v) is 9.75. The number of thiophene rings is 1. The fraction of sp³-hybridized carbons (Fsp3) is 0.714. The largest absolute Gasteiger partial charge is 0.315 e. The van der Waals surface area contributed by atoms with Crippen molar-refractivity contribution in [2.24, 2.45) is 0 Å². The summed E-state index contributed by atoms with van der Waals surface area (Å²) >= 11 is 4.93. The van der Waals surface area contributed by atoms with Gasteiger partial charge >= 0.3 is 0 Å². The molecule has 1 saturated heterocycles. The lowest BCUT2D eigenvalue weighted by Gasteiger charge is -2.34. The van der Waals surface area contributed by atoms with Gasteiger partial charge in [-0.05, 0) is 48.3 Å². The molecule has 0 amide bonds. The second-order valence-electron chi connectivity index (χ2n) is 5.44. The van der Waals surface area contributed by atoms with Crippen molar-refractivity contribution >= 4 is 37.3 Å². The van der Waals surface area contributed by atoms with Gasteiger partial charge in [0.15, 0.2) is 0 Å². The lowest BCUT2D eigenvalue weighted by molar-refractivity contribution is 0.239. The van der Waals surface area contributed by atoms with E-state index < -0.39 is 10.0 Å². The van der Waals surface area contributed by atoms with Crippen molar-refractivity contribution in [1.29, 1.82) is 0 Å². The Kier molecular flexibility index (Phi) is 6.25. The van der Waals surface area contributed by atoms with Gasteiger partial charge in [-0.25, -0.2) is 8.42 Å². The summed E-state index contributed by atoms with van der Waals surface area (Å²) in [5.41, 5.74) is 0. The maximum atomic E-state index is 13.0. The van der Waals surface area contributed by atoms with Crippen LogP contribution in [0.4, 0.5) is 0 Å². The third-order valence-electron chi connectivity index (χ3n) is 3.84. The molecule has 21 heavy (non-hydrogen) atoms. The third kappa shape index (κ3) is 3.88. The normalized spacial score (nSPS) is 20.8. The molecule has 1 aliphatic heterocycles. The van der Waals surface area contributed by atoms with E-state index in [1.54, 1.807) is 10.4 Å². The van der Waals surface area contributed by atoms with E-state index in [1.807, 2.05) is 7.05 Å². The zero-order valence-corrected chi connectivity index (χ0v) is 15.8. The van der Waals surface area contributed by atoms with Gasteiger partial charge in [-0.15, -0.1) is 11.3 Å². The topological polar surface area (TPSA) is 49.4 Å². The van der Waals surface area contributed by atoms with Gasteiger partial charge in [0.25, 0.3) is 0 Å². The van der Waals surface area contributed by atoms with Gasteiger partial charge in [0, 0.05) is 24.0 Å². The molecule has 0 radical (unpaired) electrons. The Balaban J connectivity index is 2.31. The van der Waals surface area contributed by atoms with Crippen LogP contribution >= 0.6 is 27.3 Å². The Labute approximate surface area is 140 Å². The van der Waals surface area contributed by atoms with Crippen LogP contribution in [0.2, 0.25) is 0 Å². The third-order valence-corrected chi connectivity index (χ3v) is 8.04. The molecule has 0 saturated carbocycles. The smallest absolute Gasteiger partial charge is 0.245 e. The van der Waals surface area contributed by atoms with Crippen LogP contribution in [0.5, 0.6) is 0 Å². The molecule has 1 unspecified atom stereocenters. The van der Waals surface area contributed by atoms with Gasteiger partial charge in [-0.1, -0.05) is 19.8 Å². The summed E-state index contributed by atoms with van der Waals surface area (Å²) in [4.78, 5) is 1.47. The highest BCUT2D eigenvalue weighted by Gasteiger charge is 2.34. The van der Waals surface area contributed by atoms with Crippen molar-refractivity contribution in [3.63, 3.8) is 0 Å². The summed E-state index contributed by atoms with van der Waals surface area (Å²) in [5.74, 6) is 0. The number of hydrogen-bond acceptors (Lipinski definition) is 4. The first-order valence-electron chi connectivity index (χ1n) is 7.45. The van der Waals surface area contributed by atoms with Crippen molar-refractivity contribution in [3.8, 4) is 0 Å². The standard InChI is InChI=1S/C14H23BrN2O2S2/c1-3-6-11-7-4-5-8-17(11)21(18,19)13-9-12(10-16-2)20-14(13)15/h9,11,16H,3-8,10H2,1-2H3. The summed E-state index contributed by atoms with van der Waals surface area (Å²) < 4.78 is 28.4. The number of nitrogens with one attached hydrogen (secondary N) is 1.